The number of amides is 1. The Kier molecular flexibility index (Phi) is 5.60. The minimum atomic E-state index is -0.125. The van der Waals surface area contributed by atoms with Gasteiger partial charge < -0.3 is 14.8 Å². The van der Waals surface area contributed by atoms with E-state index in [2.05, 4.69) is 21.2 Å². The Hall–Kier alpha value is -2.76. The predicted octanol–water partition coefficient (Wildman–Crippen LogP) is 6.18. The zero-order chi connectivity index (χ0) is 20.4. The lowest BCUT2D eigenvalue weighted by Gasteiger charge is -2.14. The van der Waals surface area contributed by atoms with Crippen LogP contribution in [0.25, 0.3) is 11.6 Å². The number of halogens is 2. The van der Waals surface area contributed by atoms with E-state index in [0.717, 1.165) is 26.9 Å². The number of methoxy groups -OCH3 is 1. The van der Waals surface area contributed by atoms with Crippen molar-refractivity contribution in [3.63, 3.8) is 0 Å². The quantitative estimate of drug-likeness (QED) is 0.453. The molecule has 0 spiro atoms. The van der Waals surface area contributed by atoms with E-state index in [-0.39, 0.29) is 5.91 Å². The van der Waals surface area contributed by atoms with Gasteiger partial charge in [-0.1, -0.05) is 48.0 Å². The van der Waals surface area contributed by atoms with Crippen LogP contribution in [0.3, 0.4) is 0 Å². The van der Waals surface area contributed by atoms with Gasteiger partial charge in [-0.2, -0.15) is 0 Å². The summed E-state index contributed by atoms with van der Waals surface area (Å²) in [4.78, 5) is 12.4. The van der Waals surface area contributed by atoms with E-state index in [1.807, 2.05) is 66.7 Å². The van der Waals surface area contributed by atoms with Gasteiger partial charge in [0.25, 0.3) is 5.91 Å². The normalized spacial score (nSPS) is 13.9. The number of rotatable bonds is 5. The van der Waals surface area contributed by atoms with E-state index < -0.39 is 0 Å². The van der Waals surface area contributed by atoms with Gasteiger partial charge in [0, 0.05) is 27.4 Å². The number of para-hydroxylation sites is 1. The number of carbonyl (C=O) groups is 1. The summed E-state index contributed by atoms with van der Waals surface area (Å²) in [5.41, 5.74) is 4.01. The van der Waals surface area contributed by atoms with Crippen LogP contribution in [-0.4, -0.2) is 13.0 Å². The molecule has 0 atom stereocenters. The van der Waals surface area contributed by atoms with Crippen molar-refractivity contribution >= 4 is 50.8 Å². The van der Waals surface area contributed by atoms with Gasteiger partial charge in [0.2, 0.25) is 0 Å². The summed E-state index contributed by atoms with van der Waals surface area (Å²) in [7, 11) is 1.58. The van der Waals surface area contributed by atoms with Crippen molar-refractivity contribution < 1.29 is 14.3 Å². The number of anilines is 1. The van der Waals surface area contributed by atoms with Gasteiger partial charge in [-0.25, -0.2) is 0 Å². The molecule has 1 amide bonds. The fraction of sp³-hybridized carbons (Fsp3) is 0.0870. The first-order valence-corrected chi connectivity index (χ1v) is 10.1. The predicted molar refractivity (Wildman–Crippen MR) is 119 cm³/mol. The van der Waals surface area contributed by atoms with Crippen LogP contribution in [0.15, 0.2) is 65.1 Å². The fourth-order valence-electron chi connectivity index (χ4n) is 3.18. The van der Waals surface area contributed by atoms with E-state index in [1.54, 1.807) is 7.11 Å². The smallest absolute Gasteiger partial charge is 0.256 e. The minimum Gasteiger partial charge on any atom is -0.493 e. The average molecular weight is 471 g/mol. The van der Waals surface area contributed by atoms with Crippen LogP contribution < -0.4 is 14.8 Å². The topological polar surface area (TPSA) is 47.6 Å². The lowest BCUT2D eigenvalue weighted by Crippen LogP contribution is -2.03. The van der Waals surface area contributed by atoms with Crippen molar-refractivity contribution in [2.45, 2.75) is 6.61 Å². The van der Waals surface area contributed by atoms with E-state index in [0.29, 0.717) is 28.7 Å². The Morgan fingerprint density at radius 1 is 1.10 bits per heavy atom. The molecule has 0 aromatic heterocycles. The van der Waals surface area contributed by atoms with E-state index in [9.17, 15) is 4.79 Å². The van der Waals surface area contributed by atoms with E-state index in [1.165, 1.54) is 0 Å². The van der Waals surface area contributed by atoms with Gasteiger partial charge in [0.05, 0.1) is 11.6 Å². The number of carbonyl (C=O) groups excluding carboxylic acids is 1. The number of hydrogen-bond donors (Lipinski definition) is 1. The fourth-order valence-corrected chi connectivity index (χ4v) is 3.94. The van der Waals surface area contributed by atoms with Crippen LogP contribution in [0.5, 0.6) is 11.5 Å². The van der Waals surface area contributed by atoms with Gasteiger partial charge in [-0.15, -0.1) is 0 Å². The molecule has 0 radical (unpaired) electrons. The highest BCUT2D eigenvalue weighted by atomic mass is 79.9. The number of fused-ring (bicyclic) bond motifs is 1. The zero-order valence-corrected chi connectivity index (χ0v) is 17.9. The van der Waals surface area contributed by atoms with Crippen LogP contribution in [0.1, 0.15) is 16.7 Å². The molecular formula is C23H17BrClNO3. The van der Waals surface area contributed by atoms with E-state index in [4.69, 9.17) is 21.1 Å². The summed E-state index contributed by atoms with van der Waals surface area (Å²) >= 11 is 9.77. The van der Waals surface area contributed by atoms with Crippen LogP contribution in [0.2, 0.25) is 5.02 Å². The first kappa shape index (κ1) is 19.6. The molecule has 146 valence electrons. The monoisotopic (exact) mass is 469 g/mol. The SMILES string of the molecule is COc1cc(/C=C2\C(=O)Nc3ccccc32)cc(Br)c1OCc1ccccc1Cl. The van der Waals surface area contributed by atoms with E-state index >= 15 is 0 Å². The third-order valence-corrected chi connectivity index (χ3v) is 5.56. The first-order chi connectivity index (χ1) is 14.1. The Balaban J connectivity index is 1.65. The standard InChI is InChI=1S/C23H17BrClNO3/c1-28-21-12-14(10-17-16-7-3-5-9-20(16)26-23(17)27)11-18(24)22(21)29-13-15-6-2-4-8-19(15)25/h2-12H,13H2,1H3,(H,26,27)/b17-10-. The van der Waals surface area contributed by atoms with Crippen molar-refractivity contribution in [1.29, 1.82) is 0 Å². The molecule has 0 aliphatic carbocycles. The number of ether oxygens (including phenoxy) is 2. The molecule has 0 saturated heterocycles. The van der Waals surface area contributed by atoms with Crippen molar-refractivity contribution in [3.05, 3.63) is 86.8 Å². The molecule has 6 heteroatoms. The van der Waals surface area contributed by atoms with Gasteiger partial charge in [-0.05, 0) is 51.8 Å². The van der Waals surface area contributed by atoms with Gasteiger partial charge >= 0.3 is 0 Å². The molecule has 4 rings (SSSR count). The molecule has 1 aliphatic heterocycles. The molecule has 3 aromatic carbocycles. The molecule has 0 unspecified atom stereocenters. The third-order valence-electron chi connectivity index (χ3n) is 4.60. The second kappa shape index (κ2) is 8.31. The van der Waals surface area contributed by atoms with Crippen LogP contribution in [0, 0.1) is 0 Å². The van der Waals surface area contributed by atoms with Gasteiger partial charge in [-0.3, -0.25) is 4.79 Å². The summed E-state index contributed by atoms with van der Waals surface area (Å²) in [6, 6.07) is 18.9. The van der Waals surface area contributed by atoms with Crippen molar-refractivity contribution in [1.82, 2.24) is 0 Å². The molecule has 3 aromatic rings. The third kappa shape index (κ3) is 4.02. The van der Waals surface area contributed by atoms with Gasteiger partial charge in [0.1, 0.15) is 6.61 Å². The second-order valence-corrected chi connectivity index (χ2v) is 7.73. The van der Waals surface area contributed by atoms with Crippen molar-refractivity contribution in [2.75, 3.05) is 12.4 Å². The summed E-state index contributed by atoms with van der Waals surface area (Å²) in [5, 5.41) is 3.53. The molecule has 0 bridgehead atoms. The zero-order valence-electron chi connectivity index (χ0n) is 15.5. The lowest BCUT2D eigenvalue weighted by molar-refractivity contribution is -0.110. The number of nitrogens with one attached hydrogen (secondary N) is 1. The molecule has 1 aliphatic rings. The highest BCUT2D eigenvalue weighted by molar-refractivity contribution is 9.10. The molecule has 0 saturated carbocycles. The maximum Gasteiger partial charge on any atom is 0.256 e. The summed E-state index contributed by atoms with van der Waals surface area (Å²) in [5.74, 6) is 1.01. The van der Waals surface area contributed by atoms with Crippen LogP contribution in [-0.2, 0) is 11.4 Å². The molecule has 1 heterocycles. The molecule has 0 fully saturated rings. The minimum absolute atomic E-state index is 0.125. The molecule has 1 N–H and O–H groups in total. The largest absolute Gasteiger partial charge is 0.493 e. The summed E-state index contributed by atoms with van der Waals surface area (Å²) in [6.45, 7) is 0.310. The highest BCUT2D eigenvalue weighted by Crippen LogP contribution is 2.39. The van der Waals surface area contributed by atoms with Gasteiger partial charge in [0.15, 0.2) is 11.5 Å². The highest BCUT2D eigenvalue weighted by Gasteiger charge is 2.23. The van der Waals surface area contributed by atoms with Crippen molar-refractivity contribution in [2.24, 2.45) is 0 Å². The maximum absolute atomic E-state index is 12.4. The lowest BCUT2D eigenvalue weighted by atomic mass is 10.0. The summed E-state index contributed by atoms with van der Waals surface area (Å²) < 4.78 is 12.2. The Labute approximate surface area is 182 Å². The Morgan fingerprint density at radius 2 is 1.86 bits per heavy atom. The Bertz CT molecular complexity index is 1130. The number of hydrogen-bond acceptors (Lipinski definition) is 3. The maximum atomic E-state index is 12.4. The first-order valence-electron chi connectivity index (χ1n) is 8.93. The molecule has 4 nitrogen and oxygen atoms in total. The summed E-state index contributed by atoms with van der Waals surface area (Å²) in [6.07, 6.45) is 1.84. The molecular weight excluding hydrogens is 454 g/mol. The van der Waals surface area contributed by atoms with Crippen molar-refractivity contribution in [3.8, 4) is 11.5 Å². The molecule has 29 heavy (non-hydrogen) atoms. The Morgan fingerprint density at radius 3 is 2.66 bits per heavy atom. The second-order valence-electron chi connectivity index (χ2n) is 6.47. The number of benzene rings is 3. The average Bonchev–Trinajstić information content (AvgIpc) is 3.03. The van der Waals surface area contributed by atoms with Crippen LogP contribution >= 0.6 is 27.5 Å². The van der Waals surface area contributed by atoms with Crippen LogP contribution in [0.4, 0.5) is 5.69 Å².